The molecule has 1 aromatic carbocycles. The molecule has 4 N–H and O–H groups in total. The van der Waals surface area contributed by atoms with Crippen LogP contribution in [0.1, 0.15) is 23.1 Å². The molecular formula is C14H17N2O2+. The van der Waals surface area contributed by atoms with Crippen LogP contribution in [0.5, 0.6) is 0 Å². The molecule has 4 nitrogen and oxygen atoms in total. The Labute approximate surface area is 106 Å². The fourth-order valence-electron chi connectivity index (χ4n) is 2.42. The van der Waals surface area contributed by atoms with Crippen LogP contribution in [-0.2, 0) is 17.6 Å². The van der Waals surface area contributed by atoms with Gasteiger partial charge in [-0.05, 0) is 42.5 Å². The molecule has 94 valence electrons. The molecule has 4 heteroatoms. The summed E-state index contributed by atoms with van der Waals surface area (Å²) in [6, 6.07) is 6.08. The van der Waals surface area contributed by atoms with Gasteiger partial charge in [0.1, 0.15) is 12.6 Å². The summed E-state index contributed by atoms with van der Waals surface area (Å²) in [7, 11) is 1.70. The summed E-state index contributed by atoms with van der Waals surface area (Å²) in [6.45, 7) is 0. The summed E-state index contributed by atoms with van der Waals surface area (Å²) in [5.41, 5.74) is 9.59. The first-order chi connectivity index (χ1) is 8.67. The number of fused-ring (bicyclic) bond motifs is 1. The van der Waals surface area contributed by atoms with Crippen LogP contribution in [0, 0.1) is 0 Å². The minimum Gasteiger partial charge on any atom is -0.477 e. The van der Waals surface area contributed by atoms with Crippen molar-refractivity contribution in [3.05, 3.63) is 46.7 Å². The lowest BCUT2D eigenvalue weighted by Gasteiger charge is -2.04. The van der Waals surface area contributed by atoms with Crippen LogP contribution in [0.15, 0.2) is 30.0 Å². The highest BCUT2D eigenvalue weighted by molar-refractivity contribution is 6.23. The molecule has 0 aromatic heterocycles. The number of benzene rings is 1. The highest BCUT2D eigenvalue weighted by Gasteiger charge is 2.23. The molecule has 0 radical (unpaired) electrons. The molecule has 0 unspecified atom stereocenters. The average molecular weight is 245 g/mol. The number of hydrogen-bond acceptors (Lipinski definition) is 2. The van der Waals surface area contributed by atoms with Crippen molar-refractivity contribution in [3.63, 3.8) is 0 Å². The molecule has 1 aliphatic rings. The molecule has 2 rings (SSSR count). The zero-order chi connectivity index (χ0) is 13.1. The number of carbonyl (C=O) groups is 1. The molecule has 0 saturated carbocycles. The van der Waals surface area contributed by atoms with E-state index in [0.717, 1.165) is 24.6 Å². The maximum absolute atomic E-state index is 11.1. The molecule has 18 heavy (non-hydrogen) atoms. The lowest BCUT2D eigenvalue weighted by molar-refractivity contribution is -0.418. The van der Waals surface area contributed by atoms with E-state index in [1.165, 1.54) is 17.5 Å². The summed E-state index contributed by atoms with van der Waals surface area (Å²) in [5.74, 6) is -1.03. The third kappa shape index (κ3) is 2.14. The zero-order valence-corrected chi connectivity index (χ0v) is 10.4. The van der Waals surface area contributed by atoms with Crippen LogP contribution in [0.25, 0.3) is 0 Å². The number of rotatable bonds is 3. The molecule has 1 aromatic rings. The van der Waals surface area contributed by atoms with Crippen LogP contribution in [-0.4, -0.2) is 23.8 Å². The van der Waals surface area contributed by atoms with Gasteiger partial charge in [-0.3, -0.25) is 0 Å². The van der Waals surface area contributed by atoms with E-state index >= 15 is 0 Å². The molecule has 0 fully saturated rings. The van der Waals surface area contributed by atoms with Crippen molar-refractivity contribution in [2.45, 2.75) is 19.3 Å². The fraction of sp³-hybridized carbons (Fsp3) is 0.286. The van der Waals surface area contributed by atoms with Gasteiger partial charge in [-0.25, -0.2) is 9.79 Å². The van der Waals surface area contributed by atoms with Gasteiger partial charge in [0.05, 0.1) is 0 Å². The van der Waals surface area contributed by atoms with Gasteiger partial charge in [-0.2, -0.15) is 0 Å². The van der Waals surface area contributed by atoms with Gasteiger partial charge >= 0.3 is 5.97 Å². The quantitative estimate of drug-likeness (QED) is 0.501. The maximum atomic E-state index is 11.1. The highest BCUT2D eigenvalue weighted by atomic mass is 16.4. The summed E-state index contributed by atoms with van der Waals surface area (Å²) >= 11 is 0. The van der Waals surface area contributed by atoms with Gasteiger partial charge in [-0.1, -0.05) is 6.07 Å². The number of carboxylic acids is 1. The van der Waals surface area contributed by atoms with Crippen molar-refractivity contribution in [1.29, 1.82) is 0 Å². The summed E-state index contributed by atoms with van der Waals surface area (Å²) in [4.78, 5) is 14.1. The fourth-order valence-corrected chi connectivity index (χ4v) is 2.42. The van der Waals surface area contributed by atoms with Crippen molar-refractivity contribution < 1.29 is 14.9 Å². The van der Waals surface area contributed by atoms with E-state index in [-0.39, 0.29) is 5.57 Å². The van der Waals surface area contributed by atoms with E-state index in [2.05, 4.69) is 17.1 Å². The Balaban J connectivity index is 2.43. The van der Waals surface area contributed by atoms with E-state index in [4.69, 9.17) is 10.8 Å². The lowest BCUT2D eigenvalue weighted by Crippen LogP contribution is -2.69. The molecule has 0 saturated heterocycles. The normalized spacial score (nSPS) is 15.6. The predicted molar refractivity (Wildman–Crippen MR) is 69.4 cm³/mol. The molecule has 0 atom stereocenters. The molecule has 0 aliphatic heterocycles. The molecule has 1 aliphatic carbocycles. The average Bonchev–Trinajstić information content (AvgIpc) is 2.82. The Hall–Kier alpha value is -2.10. The summed E-state index contributed by atoms with van der Waals surface area (Å²) < 4.78 is 0. The second-order valence-electron chi connectivity index (χ2n) is 4.35. The second-order valence-corrected chi connectivity index (χ2v) is 4.35. The van der Waals surface area contributed by atoms with Gasteiger partial charge in [0.2, 0.25) is 5.71 Å². The highest BCUT2D eigenvalue weighted by Crippen LogP contribution is 2.23. The van der Waals surface area contributed by atoms with Crippen molar-refractivity contribution in [3.8, 4) is 0 Å². The van der Waals surface area contributed by atoms with Crippen molar-refractivity contribution in [2.24, 2.45) is 5.73 Å². The molecule has 0 bridgehead atoms. The largest absolute Gasteiger partial charge is 0.477 e. The first kappa shape index (κ1) is 12.4. The summed E-state index contributed by atoms with van der Waals surface area (Å²) in [5, 5.41) is 9.12. The number of nitrogens with one attached hydrogen (secondary N) is 1. The van der Waals surface area contributed by atoms with E-state index in [1.54, 1.807) is 7.05 Å². The van der Waals surface area contributed by atoms with Crippen molar-refractivity contribution in [2.75, 3.05) is 7.05 Å². The third-order valence-corrected chi connectivity index (χ3v) is 3.30. The topological polar surface area (TPSA) is 77.3 Å². The standard InChI is InChI=1S/C14H16N2O2/c1-16-13(12(8-15)14(17)18)11-6-5-9-3-2-4-10(9)7-11/h5-8H,2-4,15H2,1H3,(H,17,18)/p+1. The number of nitrogens with two attached hydrogens (primary N) is 1. The SMILES string of the molecule is C[NH+]=C(C(=CN)C(=O)O)c1ccc2c(c1)CCC2. The van der Waals surface area contributed by atoms with E-state index < -0.39 is 5.97 Å². The Morgan fingerprint density at radius 1 is 1.39 bits per heavy atom. The van der Waals surface area contributed by atoms with Crippen molar-refractivity contribution in [1.82, 2.24) is 0 Å². The minimum atomic E-state index is -1.03. The van der Waals surface area contributed by atoms with Crippen LogP contribution < -0.4 is 10.7 Å². The third-order valence-electron chi connectivity index (χ3n) is 3.30. The Kier molecular flexibility index (Phi) is 3.46. The number of aliphatic carboxylic acids is 1. The molecular weight excluding hydrogens is 228 g/mol. The maximum Gasteiger partial charge on any atom is 0.343 e. The van der Waals surface area contributed by atoms with Gasteiger partial charge in [0.25, 0.3) is 0 Å². The monoisotopic (exact) mass is 245 g/mol. The molecule has 0 heterocycles. The Morgan fingerprint density at radius 3 is 2.72 bits per heavy atom. The van der Waals surface area contributed by atoms with Gasteiger partial charge in [-0.15, -0.1) is 0 Å². The Bertz CT molecular complexity index is 545. The minimum absolute atomic E-state index is 0.0930. The van der Waals surface area contributed by atoms with E-state index in [1.807, 2.05) is 6.07 Å². The second kappa shape index (κ2) is 5.04. The van der Waals surface area contributed by atoms with Crippen LogP contribution in [0.4, 0.5) is 0 Å². The van der Waals surface area contributed by atoms with E-state index in [0.29, 0.717) is 5.71 Å². The summed E-state index contributed by atoms with van der Waals surface area (Å²) in [6.07, 6.45) is 4.48. The molecule has 0 spiro atoms. The van der Waals surface area contributed by atoms with Gasteiger partial charge in [0.15, 0.2) is 0 Å². The van der Waals surface area contributed by atoms with Gasteiger partial charge in [0, 0.05) is 11.8 Å². The van der Waals surface area contributed by atoms with Crippen LogP contribution in [0.3, 0.4) is 0 Å². The smallest absolute Gasteiger partial charge is 0.343 e. The van der Waals surface area contributed by atoms with Crippen LogP contribution >= 0.6 is 0 Å². The first-order valence-corrected chi connectivity index (χ1v) is 5.99. The lowest BCUT2D eigenvalue weighted by atomic mass is 9.99. The first-order valence-electron chi connectivity index (χ1n) is 5.99. The molecule has 0 amide bonds. The van der Waals surface area contributed by atoms with Crippen molar-refractivity contribution >= 4 is 11.7 Å². The Morgan fingerprint density at radius 2 is 2.11 bits per heavy atom. The van der Waals surface area contributed by atoms with E-state index in [9.17, 15) is 4.79 Å². The number of hydrogen-bond donors (Lipinski definition) is 3. The number of aryl methyl sites for hydroxylation is 2. The predicted octanol–water partition coefficient (Wildman–Crippen LogP) is -0.398. The number of carboxylic acid groups (broad SMARTS) is 1. The van der Waals surface area contributed by atoms with Gasteiger partial charge < -0.3 is 10.8 Å². The van der Waals surface area contributed by atoms with Crippen LogP contribution in [0.2, 0.25) is 0 Å². The zero-order valence-electron chi connectivity index (χ0n) is 10.4.